The van der Waals surface area contributed by atoms with Crippen molar-refractivity contribution in [3.05, 3.63) is 35.8 Å². The number of imidazole rings is 1. The van der Waals surface area contributed by atoms with Crippen molar-refractivity contribution in [3.8, 4) is 0 Å². The number of urea groups is 1. The molecule has 3 rings (SSSR count). The van der Waals surface area contributed by atoms with Crippen LogP contribution in [0.15, 0.2) is 24.4 Å². The fraction of sp³-hybridized carbons (Fsp3) is 0.500. The third-order valence-corrected chi connectivity index (χ3v) is 5.32. The molecule has 2 N–H and O–H groups in total. The summed E-state index contributed by atoms with van der Waals surface area (Å²) in [6.07, 6.45) is 7.45. The molecule has 2 aromatic heterocycles. The van der Waals surface area contributed by atoms with Gasteiger partial charge in [0, 0.05) is 23.2 Å². The van der Waals surface area contributed by atoms with Crippen LogP contribution in [-0.4, -0.2) is 33.0 Å². The fourth-order valence-electron chi connectivity index (χ4n) is 2.98. The maximum absolute atomic E-state index is 12.0. The molecule has 0 unspecified atom stereocenters. The Balaban J connectivity index is 1.53. The Kier molecular flexibility index (Phi) is 4.57. The molecule has 1 aliphatic carbocycles. The molecule has 118 valence electrons. The molecule has 0 aliphatic heterocycles. The second-order valence-corrected chi connectivity index (χ2v) is 6.96. The highest BCUT2D eigenvalue weighted by Gasteiger charge is 2.24. The van der Waals surface area contributed by atoms with Gasteiger partial charge in [0.05, 0.1) is 12.2 Å². The molecule has 0 bridgehead atoms. The van der Waals surface area contributed by atoms with Crippen molar-refractivity contribution in [2.45, 2.75) is 44.0 Å². The average molecular weight is 318 g/mol. The Morgan fingerprint density at radius 1 is 1.45 bits per heavy atom. The van der Waals surface area contributed by atoms with E-state index in [4.69, 9.17) is 0 Å². The van der Waals surface area contributed by atoms with Crippen molar-refractivity contribution in [2.24, 2.45) is 0 Å². The van der Waals surface area contributed by atoms with Crippen LogP contribution in [0.5, 0.6) is 0 Å². The van der Waals surface area contributed by atoms with E-state index < -0.39 is 0 Å². The maximum atomic E-state index is 12.0. The van der Waals surface area contributed by atoms with Gasteiger partial charge in [-0.1, -0.05) is 6.07 Å². The smallest absolute Gasteiger partial charge is 0.315 e. The largest absolute Gasteiger partial charge is 0.335 e. The van der Waals surface area contributed by atoms with Crippen molar-refractivity contribution in [2.75, 3.05) is 6.26 Å². The number of pyridine rings is 1. The van der Waals surface area contributed by atoms with Crippen molar-refractivity contribution in [3.63, 3.8) is 0 Å². The minimum atomic E-state index is -0.0967. The minimum Gasteiger partial charge on any atom is -0.335 e. The van der Waals surface area contributed by atoms with Crippen LogP contribution in [0.25, 0.3) is 5.65 Å². The van der Waals surface area contributed by atoms with Gasteiger partial charge < -0.3 is 15.0 Å². The first-order chi connectivity index (χ1) is 10.7. The zero-order valence-corrected chi connectivity index (χ0v) is 13.8. The monoisotopic (exact) mass is 318 g/mol. The average Bonchev–Trinajstić information content (AvgIpc) is 3.12. The van der Waals surface area contributed by atoms with Crippen molar-refractivity contribution >= 4 is 23.4 Å². The Morgan fingerprint density at radius 2 is 2.32 bits per heavy atom. The number of carbonyl (C=O) groups excluding carboxylic acids is 1. The van der Waals surface area contributed by atoms with Crippen LogP contribution < -0.4 is 10.6 Å². The van der Waals surface area contributed by atoms with E-state index in [-0.39, 0.29) is 6.03 Å². The molecule has 1 saturated carbocycles. The standard InChI is InChI=1S/C16H22N4OS/c1-11-4-3-5-15-18-13(10-20(11)15)9-17-16(21)19-12-6-7-14(8-12)22-2/h3-5,10,12,14H,6-9H2,1-2H3,(H2,17,19,21)/t12-,14+/m0/s1. The zero-order chi connectivity index (χ0) is 15.5. The highest BCUT2D eigenvalue weighted by molar-refractivity contribution is 7.99. The lowest BCUT2D eigenvalue weighted by atomic mass is 10.2. The number of aromatic nitrogens is 2. The van der Waals surface area contributed by atoms with E-state index in [2.05, 4.69) is 21.9 Å². The molecule has 0 aromatic carbocycles. The third kappa shape index (κ3) is 3.38. The third-order valence-electron chi connectivity index (χ3n) is 4.23. The van der Waals surface area contributed by atoms with E-state index in [1.165, 1.54) is 6.42 Å². The first-order valence-electron chi connectivity index (χ1n) is 7.66. The molecule has 0 radical (unpaired) electrons. The molecule has 2 atom stereocenters. The summed E-state index contributed by atoms with van der Waals surface area (Å²) in [5.41, 5.74) is 2.92. The molecule has 0 saturated heterocycles. The van der Waals surface area contributed by atoms with E-state index >= 15 is 0 Å². The molecule has 22 heavy (non-hydrogen) atoms. The minimum absolute atomic E-state index is 0.0967. The second kappa shape index (κ2) is 6.60. The SMILES string of the molecule is CS[C@@H]1CC[C@H](NC(=O)NCc2cn3c(C)cccc3n2)C1. The van der Waals surface area contributed by atoms with E-state index in [1.807, 2.05) is 47.5 Å². The topological polar surface area (TPSA) is 58.4 Å². The highest BCUT2D eigenvalue weighted by Crippen LogP contribution is 2.27. The molecule has 0 spiro atoms. The van der Waals surface area contributed by atoms with Gasteiger partial charge in [0.1, 0.15) is 5.65 Å². The number of hydrogen-bond acceptors (Lipinski definition) is 3. The summed E-state index contributed by atoms with van der Waals surface area (Å²) in [5, 5.41) is 6.65. The summed E-state index contributed by atoms with van der Waals surface area (Å²) in [5.74, 6) is 0. The number of amides is 2. The van der Waals surface area contributed by atoms with Crippen LogP contribution in [-0.2, 0) is 6.54 Å². The van der Waals surface area contributed by atoms with E-state index in [0.29, 0.717) is 17.8 Å². The van der Waals surface area contributed by atoms with Gasteiger partial charge in [-0.05, 0) is 44.6 Å². The van der Waals surface area contributed by atoms with E-state index in [1.54, 1.807) is 0 Å². The molecule has 1 aliphatic rings. The molecular weight excluding hydrogens is 296 g/mol. The quantitative estimate of drug-likeness (QED) is 0.911. The number of rotatable bonds is 4. The Bertz CT molecular complexity index is 669. The Morgan fingerprint density at radius 3 is 3.05 bits per heavy atom. The normalized spacial score (nSPS) is 21.2. The number of thioether (sulfide) groups is 1. The highest BCUT2D eigenvalue weighted by atomic mass is 32.2. The summed E-state index contributed by atoms with van der Waals surface area (Å²) >= 11 is 1.89. The van der Waals surface area contributed by atoms with Gasteiger partial charge in [-0.2, -0.15) is 11.8 Å². The van der Waals surface area contributed by atoms with Gasteiger partial charge in [-0.15, -0.1) is 0 Å². The van der Waals surface area contributed by atoms with Gasteiger partial charge in [0.2, 0.25) is 0 Å². The predicted molar refractivity (Wildman–Crippen MR) is 90.2 cm³/mol. The zero-order valence-electron chi connectivity index (χ0n) is 13.0. The van der Waals surface area contributed by atoms with Crippen LogP contribution in [0.1, 0.15) is 30.7 Å². The van der Waals surface area contributed by atoms with E-state index in [9.17, 15) is 4.79 Å². The van der Waals surface area contributed by atoms with Gasteiger partial charge in [0.25, 0.3) is 0 Å². The predicted octanol–water partition coefficient (Wildman–Crippen LogP) is 2.73. The van der Waals surface area contributed by atoms with Crippen LogP contribution in [0.3, 0.4) is 0 Å². The first kappa shape index (κ1) is 15.2. The van der Waals surface area contributed by atoms with Gasteiger partial charge in [-0.25, -0.2) is 9.78 Å². The summed E-state index contributed by atoms with van der Waals surface area (Å²) in [7, 11) is 0. The van der Waals surface area contributed by atoms with Gasteiger partial charge >= 0.3 is 6.03 Å². The fourth-order valence-corrected chi connectivity index (χ4v) is 3.77. The van der Waals surface area contributed by atoms with Crippen molar-refractivity contribution in [1.29, 1.82) is 0 Å². The Hall–Kier alpha value is -1.69. The number of carbonyl (C=O) groups is 1. The molecular formula is C16H22N4OS. The molecule has 5 nitrogen and oxygen atoms in total. The molecule has 2 amide bonds. The maximum Gasteiger partial charge on any atom is 0.315 e. The number of hydrogen-bond donors (Lipinski definition) is 2. The summed E-state index contributed by atoms with van der Waals surface area (Å²) in [4.78, 5) is 16.5. The number of aryl methyl sites for hydroxylation is 1. The molecule has 1 fully saturated rings. The molecule has 2 aromatic rings. The van der Waals surface area contributed by atoms with Crippen LogP contribution in [0.4, 0.5) is 4.79 Å². The van der Waals surface area contributed by atoms with Crippen LogP contribution in [0, 0.1) is 6.92 Å². The second-order valence-electron chi connectivity index (χ2n) is 5.82. The lowest BCUT2D eigenvalue weighted by Gasteiger charge is -2.13. The number of nitrogens with one attached hydrogen (secondary N) is 2. The van der Waals surface area contributed by atoms with Crippen molar-refractivity contribution in [1.82, 2.24) is 20.0 Å². The number of fused-ring (bicyclic) bond motifs is 1. The van der Waals surface area contributed by atoms with E-state index in [0.717, 1.165) is 29.9 Å². The lowest BCUT2D eigenvalue weighted by Crippen LogP contribution is -2.40. The molecule has 2 heterocycles. The number of nitrogens with zero attached hydrogens (tertiary/aromatic N) is 2. The lowest BCUT2D eigenvalue weighted by molar-refractivity contribution is 0.236. The first-order valence-corrected chi connectivity index (χ1v) is 8.95. The van der Waals surface area contributed by atoms with Crippen molar-refractivity contribution < 1.29 is 4.79 Å². The molecule has 6 heteroatoms. The van der Waals surface area contributed by atoms with Crippen LogP contribution >= 0.6 is 11.8 Å². The van der Waals surface area contributed by atoms with Crippen LogP contribution in [0.2, 0.25) is 0 Å². The summed E-state index contributed by atoms with van der Waals surface area (Å²) in [6.45, 7) is 2.49. The van der Waals surface area contributed by atoms with Gasteiger partial charge in [0.15, 0.2) is 0 Å². The Labute approximate surface area is 134 Å². The van der Waals surface area contributed by atoms with Gasteiger partial charge in [-0.3, -0.25) is 0 Å². The summed E-state index contributed by atoms with van der Waals surface area (Å²) < 4.78 is 2.04. The summed E-state index contributed by atoms with van der Waals surface area (Å²) in [6, 6.07) is 6.21.